The second kappa shape index (κ2) is 9.19. The zero-order chi connectivity index (χ0) is 20.8. The third-order valence-electron chi connectivity index (χ3n) is 4.66. The van der Waals surface area contributed by atoms with E-state index in [0.29, 0.717) is 22.2 Å². The van der Waals surface area contributed by atoms with Gasteiger partial charge < -0.3 is 10.5 Å². The van der Waals surface area contributed by atoms with Crippen molar-refractivity contribution in [2.75, 3.05) is 0 Å². The average molecular weight is 390 g/mol. The van der Waals surface area contributed by atoms with Crippen LogP contribution in [0.1, 0.15) is 43.5 Å². The Hall–Kier alpha value is -3.41. The predicted octanol–water partition coefficient (Wildman–Crippen LogP) is 4.48. The quantitative estimate of drug-likeness (QED) is 0.409. The summed E-state index contributed by atoms with van der Waals surface area (Å²) in [6.45, 7) is 4.25. The second-order valence-electron chi connectivity index (χ2n) is 7.04. The maximum atomic E-state index is 12.5. The number of aromatic nitrogens is 1. The van der Waals surface area contributed by atoms with Crippen LogP contribution in [-0.4, -0.2) is 23.0 Å². The number of nitrogens with two attached hydrogens (primary N) is 1. The maximum Gasteiger partial charge on any atom is 0.258 e. The van der Waals surface area contributed by atoms with Crippen LogP contribution in [-0.2, 0) is 0 Å². The van der Waals surface area contributed by atoms with Gasteiger partial charge in [-0.1, -0.05) is 38.0 Å². The SMILES string of the molecule is CCCCC(C)Oc1ccc(-c2cc(C(=O)NC(=N)N)c3ccccc3n2)cc1. The first-order valence-electron chi connectivity index (χ1n) is 9.80. The molecule has 3 rings (SSSR count). The topological polar surface area (TPSA) is 101 Å². The molecular formula is C23H26N4O2. The van der Waals surface area contributed by atoms with E-state index in [1.165, 1.54) is 0 Å². The number of carbonyl (C=O) groups is 1. The van der Waals surface area contributed by atoms with Crippen molar-refractivity contribution in [3.05, 3.63) is 60.2 Å². The maximum absolute atomic E-state index is 12.5. The van der Waals surface area contributed by atoms with Gasteiger partial charge in [0.05, 0.1) is 22.9 Å². The smallest absolute Gasteiger partial charge is 0.258 e. The lowest BCUT2D eigenvalue weighted by molar-refractivity contribution is 0.0978. The van der Waals surface area contributed by atoms with Gasteiger partial charge in [0.15, 0.2) is 5.96 Å². The number of hydrogen-bond donors (Lipinski definition) is 3. The van der Waals surface area contributed by atoms with Crippen LogP contribution in [0.2, 0.25) is 0 Å². The monoisotopic (exact) mass is 390 g/mol. The summed E-state index contributed by atoms with van der Waals surface area (Å²) in [6, 6.07) is 16.8. The molecule has 1 aromatic heterocycles. The largest absolute Gasteiger partial charge is 0.491 e. The molecule has 0 aliphatic carbocycles. The molecule has 1 heterocycles. The molecule has 3 aromatic rings. The van der Waals surface area contributed by atoms with Crippen LogP contribution in [0, 0.1) is 5.41 Å². The number of ether oxygens (including phenoxy) is 1. The zero-order valence-corrected chi connectivity index (χ0v) is 16.7. The van der Waals surface area contributed by atoms with Crippen LogP contribution in [0.25, 0.3) is 22.2 Å². The van der Waals surface area contributed by atoms with E-state index in [1.54, 1.807) is 6.07 Å². The predicted molar refractivity (Wildman–Crippen MR) is 116 cm³/mol. The standard InChI is InChI=1S/C23H26N4O2/c1-3-4-7-15(2)29-17-12-10-16(11-13-17)21-14-19(22(28)27-23(24)25)18-8-5-6-9-20(18)26-21/h5-6,8-15H,3-4,7H2,1-2H3,(H4,24,25,27,28). The van der Waals surface area contributed by atoms with Crippen molar-refractivity contribution >= 4 is 22.8 Å². The summed E-state index contributed by atoms with van der Waals surface area (Å²) in [7, 11) is 0. The number of amides is 1. The minimum Gasteiger partial charge on any atom is -0.491 e. The highest BCUT2D eigenvalue weighted by atomic mass is 16.5. The first-order valence-corrected chi connectivity index (χ1v) is 9.80. The summed E-state index contributed by atoms with van der Waals surface area (Å²) in [5, 5.41) is 10.4. The highest BCUT2D eigenvalue weighted by molar-refractivity contribution is 6.12. The minimum atomic E-state index is -0.429. The van der Waals surface area contributed by atoms with E-state index in [1.807, 2.05) is 48.5 Å². The highest BCUT2D eigenvalue weighted by Gasteiger charge is 2.14. The summed E-state index contributed by atoms with van der Waals surface area (Å²) in [4.78, 5) is 17.2. The van der Waals surface area contributed by atoms with Crippen molar-refractivity contribution in [2.45, 2.75) is 39.2 Å². The normalized spacial score (nSPS) is 11.8. The van der Waals surface area contributed by atoms with Gasteiger partial charge in [-0.25, -0.2) is 4.98 Å². The number of para-hydroxylation sites is 1. The Morgan fingerprint density at radius 1 is 1.21 bits per heavy atom. The lowest BCUT2D eigenvalue weighted by Gasteiger charge is -2.15. The molecule has 0 saturated carbocycles. The molecule has 0 aliphatic rings. The van der Waals surface area contributed by atoms with E-state index in [2.05, 4.69) is 19.2 Å². The van der Waals surface area contributed by atoms with Gasteiger partial charge in [-0.15, -0.1) is 0 Å². The van der Waals surface area contributed by atoms with Crippen molar-refractivity contribution in [3.63, 3.8) is 0 Å². The van der Waals surface area contributed by atoms with Gasteiger partial charge in [0.2, 0.25) is 0 Å². The summed E-state index contributed by atoms with van der Waals surface area (Å²) < 4.78 is 5.96. The molecule has 0 saturated heterocycles. The molecule has 1 atom stereocenters. The number of guanidine groups is 1. The second-order valence-corrected chi connectivity index (χ2v) is 7.04. The van der Waals surface area contributed by atoms with Crippen molar-refractivity contribution < 1.29 is 9.53 Å². The summed E-state index contributed by atoms with van der Waals surface area (Å²) >= 11 is 0. The Labute approximate surface area is 170 Å². The van der Waals surface area contributed by atoms with Crippen LogP contribution in [0.3, 0.4) is 0 Å². The minimum absolute atomic E-state index is 0.168. The zero-order valence-electron chi connectivity index (χ0n) is 16.7. The van der Waals surface area contributed by atoms with Crippen LogP contribution >= 0.6 is 0 Å². The van der Waals surface area contributed by atoms with Crippen LogP contribution < -0.4 is 15.8 Å². The van der Waals surface area contributed by atoms with E-state index >= 15 is 0 Å². The Morgan fingerprint density at radius 3 is 2.62 bits per heavy atom. The number of rotatable bonds is 7. The molecule has 2 aromatic carbocycles. The fraction of sp³-hybridized carbons (Fsp3) is 0.261. The van der Waals surface area contributed by atoms with Crippen molar-refractivity contribution in [2.24, 2.45) is 5.73 Å². The molecule has 1 amide bonds. The summed E-state index contributed by atoms with van der Waals surface area (Å²) in [6.07, 6.45) is 3.49. The van der Waals surface area contributed by atoms with Crippen molar-refractivity contribution in [3.8, 4) is 17.0 Å². The van der Waals surface area contributed by atoms with Gasteiger partial charge >= 0.3 is 0 Å². The number of unbranched alkanes of at least 4 members (excludes halogenated alkanes) is 1. The van der Waals surface area contributed by atoms with Gasteiger partial charge in [0.25, 0.3) is 5.91 Å². The number of pyridine rings is 1. The number of nitrogens with zero attached hydrogens (tertiary/aromatic N) is 1. The van der Waals surface area contributed by atoms with E-state index in [9.17, 15) is 4.79 Å². The molecule has 4 N–H and O–H groups in total. The number of carbonyl (C=O) groups excluding carboxylic acids is 1. The lowest BCUT2D eigenvalue weighted by Crippen LogP contribution is -2.35. The highest BCUT2D eigenvalue weighted by Crippen LogP contribution is 2.27. The van der Waals surface area contributed by atoms with Crippen LogP contribution in [0.15, 0.2) is 54.6 Å². The van der Waals surface area contributed by atoms with Gasteiger partial charge in [-0.3, -0.25) is 15.5 Å². The molecule has 6 nitrogen and oxygen atoms in total. The molecule has 150 valence electrons. The van der Waals surface area contributed by atoms with Crippen molar-refractivity contribution in [1.29, 1.82) is 5.41 Å². The van der Waals surface area contributed by atoms with E-state index < -0.39 is 11.9 Å². The fourth-order valence-electron chi connectivity index (χ4n) is 3.19. The van der Waals surface area contributed by atoms with Gasteiger partial charge in [-0.2, -0.15) is 0 Å². The van der Waals surface area contributed by atoms with E-state index in [4.69, 9.17) is 20.9 Å². The molecule has 0 radical (unpaired) electrons. The molecule has 0 aliphatic heterocycles. The summed E-state index contributed by atoms with van der Waals surface area (Å²) in [5.41, 5.74) is 8.00. The number of benzene rings is 2. The Kier molecular flexibility index (Phi) is 6.44. The summed E-state index contributed by atoms with van der Waals surface area (Å²) in [5.74, 6) is -0.00845. The first kappa shape index (κ1) is 20.3. The van der Waals surface area contributed by atoms with E-state index in [-0.39, 0.29) is 6.10 Å². The molecule has 0 fully saturated rings. The van der Waals surface area contributed by atoms with Gasteiger partial charge in [0, 0.05) is 10.9 Å². The first-order chi connectivity index (χ1) is 14.0. The van der Waals surface area contributed by atoms with Crippen LogP contribution in [0.5, 0.6) is 5.75 Å². The van der Waals surface area contributed by atoms with Crippen molar-refractivity contribution in [1.82, 2.24) is 10.3 Å². The number of hydrogen-bond acceptors (Lipinski definition) is 4. The molecular weight excluding hydrogens is 364 g/mol. The molecule has 0 bridgehead atoms. The molecule has 6 heteroatoms. The van der Waals surface area contributed by atoms with Gasteiger partial charge in [0.1, 0.15) is 5.75 Å². The van der Waals surface area contributed by atoms with E-state index in [0.717, 1.165) is 30.6 Å². The average Bonchev–Trinajstić information content (AvgIpc) is 2.71. The molecule has 29 heavy (non-hydrogen) atoms. The number of nitrogens with one attached hydrogen (secondary N) is 2. The third-order valence-corrected chi connectivity index (χ3v) is 4.66. The Morgan fingerprint density at radius 2 is 1.93 bits per heavy atom. The fourth-order valence-corrected chi connectivity index (χ4v) is 3.19. The Bertz CT molecular complexity index is 1020. The molecule has 1 unspecified atom stereocenters. The van der Waals surface area contributed by atoms with Crippen LogP contribution in [0.4, 0.5) is 0 Å². The van der Waals surface area contributed by atoms with Gasteiger partial charge in [-0.05, 0) is 49.7 Å². The number of fused-ring (bicyclic) bond motifs is 1. The Balaban J connectivity index is 1.91. The molecule has 0 spiro atoms. The third kappa shape index (κ3) is 5.10. The lowest BCUT2D eigenvalue weighted by atomic mass is 10.0.